The Kier molecular flexibility index (Phi) is 8.20. The number of methoxy groups -OCH3 is 2. The van der Waals surface area contributed by atoms with Crippen molar-refractivity contribution in [2.45, 2.75) is 25.3 Å². The molecule has 0 aliphatic carbocycles. The van der Waals surface area contributed by atoms with Gasteiger partial charge in [0, 0.05) is 18.7 Å². The fourth-order valence-corrected chi connectivity index (χ4v) is 5.91. The number of amides is 1. The van der Waals surface area contributed by atoms with Gasteiger partial charge in [-0.15, -0.1) is 0 Å². The van der Waals surface area contributed by atoms with E-state index in [2.05, 4.69) is 4.99 Å². The number of rotatable bonds is 8. The van der Waals surface area contributed by atoms with E-state index in [9.17, 15) is 22.8 Å². The molecule has 2 aromatic carbocycles. The van der Waals surface area contributed by atoms with E-state index in [-0.39, 0.29) is 21.8 Å². The van der Waals surface area contributed by atoms with Crippen molar-refractivity contribution in [3.05, 3.63) is 58.4 Å². The quantitative estimate of drug-likeness (QED) is 0.419. The first kappa shape index (κ1) is 26.3. The second-order valence-corrected chi connectivity index (χ2v) is 10.2. The summed E-state index contributed by atoms with van der Waals surface area (Å²) in [6.07, 6.45) is 0. The van der Waals surface area contributed by atoms with Crippen molar-refractivity contribution in [3.63, 3.8) is 0 Å². The first-order valence-corrected chi connectivity index (χ1v) is 12.9. The second kappa shape index (κ2) is 10.9. The first-order valence-electron chi connectivity index (χ1n) is 10.6. The van der Waals surface area contributed by atoms with Gasteiger partial charge in [-0.25, -0.2) is 13.2 Å². The van der Waals surface area contributed by atoms with Gasteiger partial charge in [0.15, 0.2) is 4.80 Å². The second-order valence-electron chi connectivity index (χ2n) is 7.25. The normalized spacial score (nSPS) is 12.2. The molecule has 0 atom stereocenters. The standard InChI is InChI=1S/C23H25N3O7S2/c1-5-25(6-2)35(30,31)17-10-7-15(8-11-17)21(28)24-23-26(14-20(27)32-3)18-12-9-16(22(29)33-4)13-19(18)34-23/h7-13H,5-6,14H2,1-4H3. The molecule has 0 spiro atoms. The summed E-state index contributed by atoms with van der Waals surface area (Å²) in [4.78, 5) is 41.3. The van der Waals surface area contributed by atoms with Crippen LogP contribution in [0.15, 0.2) is 52.4 Å². The molecule has 1 amide bonds. The van der Waals surface area contributed by atoms with Gasteiger partial charge < -0.3 is 14.0 Å². The Morgan fingerprint density at radius 1 is 0.971 bits per heavy atom. The van der Waals surface area contributed by atoms with Crippen molar-refractivity contribution in [2.75, 3.05) is 27.3 Å². The molecule has 1 heterocycles. The number of carbonyl (C=O) groups excluding carboxylic acids is 3. The molecule has 0 saturated heterocycles. The van der Waals surface area contributed by atoms with Crippen molar-refractivity contribution in [1.29, 1.82) is 0 Å². The number of benzene rings is 2. The highest BCUT2D eigenvalue weighted by Crippen LogP contribution is 2.21. The number of hydrogen-bond donors (Lipinski definition) is 0. The zero-order valence-corrected chi connectivity index (χ0v) is 21.3. The summed E-state index contributed by atoms with van der Waals surface area (Å²) in [6.45, 7) is 3.97. The van der Waals surface area contributed by atoms with E-state index in [1.165, 1.54) is 47.4 Å². The molecule has 3 rings (SSSR count). The molecule has 0 saturated carbocycles. The minimum absolute atomic E-state index is 0.0794. The zero-order chi connectivity index (χ0) is 25.8. The van der Waals surface area contributed by atoms with Crippen LogP contribution in [0, 0.1) is 0 Å². The number of nitrogens with zero attached hydrogens (tertiary/aromatic N) is 3. The summed E-state index contributed by atoms with van der Waals surface area (Å²) in [5, 5.41) is 0. The minimum Gasteiger partial charge on any atom is -0.468 e. The molecule has 12 heteroatoms. The molecule has 3 aromatic rings. The number of sulfonamides is 1. The summed E-state index contributed by atoms with van der Waals surface area (Å²) >= 11 is 1.12. The van der Waals surface area contributed by atoms with Gasteiger partial charge in [-0.1, -0.05) is 25.2 Å². The average molecular weight is 520 g/mol. The zero-order valence-electron chi connectivity index (χ0n) is 19.7. The monoisotopic (exact) mass is 519 g/mol. The fourth-order valence-electron chi connectivity index (χ4n) is 3.38. The maximum absolute atomic E-state index is 12.9. The topological polar surface area (TPSA) is 124 Å². The lowest BCUT2D eigenvalue weighted by atomic mass is 10.2. The Morgan fingerprint density at radius 3 is 2.17 bits per heavy atom. The van der Waals surface area contributed by atoms with Gasteiger partial charge in [0.1, 0.15) is 6.54 Å². The number of esters is 2. The molecule has 35 heavy (non-hydrogen) atoms. The molecular weight excluding hydrogens is 494 g/mol. The molecule has 0 fully saturated rings. The molecule has 0 unspecified atom stereocenters. The van der Waals surface area contributed by atoms with Crippen molar-refractivity contribution < 1.29 is 32.3 Å². The van der Waals surface area contributed by atoms with E-state index in [0.29, 0.717) is 28.9 Å². The number of fused-ring (bicyclic) bond motifs is 1. The Hall–Kier alpha value is -3.35. The maximum atomic E-state index is 12.9. The van der Waals surface area contributed by atoms with Crippen molar-refractivity contribution in [1.82, 2.24) is 8.87 Å². The van der Waals surface area contributed by atoms with E-state index < -0.39 is 27.9 Å². The predicted octanol–water partition coefficient (Wildman–Crippen LogP) is 2.43. The van der Waals surface area contributed by atoms with E-state index >= 15 is 0 Å². The smallest absolute Gasteiger partial charge is 0.337 e. The third kappa shape index (κ3) is 5.50. The Labute approximate surface area is 206 Å². The van der Waals surface area contributed by atoms with Gasteiger partial charge in [-0.3, -0.25) is 9.59 Å². The van der Waals surface area contributed by atoms with Crippen LogP contribution in [0.4, 0.5) is 0 Å². The van der Waals surface area contributed by atoms with Crippen molar-refractivity contribution >= 4 is 49.4 Å². The summed E-state index contributed by atoms with van der Waals surface area (Å²) < 4.78 is 38.3. The van der Waals surface area contributed by atoms with Gasteiger partial charge >= 0.3 is 11.9 Å². The van der Waals surface area contributed by atoms with Gasteiger partial charge in [-0.05, 0) is 42.5 Å². The van der Waals surface area contributed by atoms with Gasteiger partial charge in [0.05, 0.1) is 34.9 Å². The highest BCUT2D eigenvalue weighted by atomic mass is 32.2. The Balaban J connectivity index is 2.04. The minimum atomic E-state index is -3.66. The summed E-state index contributed by atoms with van der Waals surface area (Å²) in [6, 6.07) is 10.3. The molecular formula is C23H25N3O7S2. The molecule has 0 aliphatic heterocycles. The molecule has 0 radical (unpaired) electrons. The molecule has 10 nitrogen and oxygen atoms in total. The van der Waals surface area contributed by atoms with Crippen LogP contribution in [-0.4, -0.2) is 62.4 Å². The van der Waals surface area contributed by atoms with Crippen LogP contribution in [0.3, 0.4) is 0 Å². The lowest BCUT2D eigenvalue weighted by molar-refractivity contribution is -0.141. The van der Waals surface area contributed by atoms with Crippen LogP contribution < -0.4 is 4.80 Å². The largest absolute Gasteiger partial charge is 0.468 e. The van der Waals surface area contributed by atoms with Crippen molar-refractivity contribution in [3.8, 4) is 0 Å². The Morgan fingerprint density at radius 2 is 1.60 bits per heavy atom. The van der Waals surface area contributed by atoms with E-state index in [1.54, 1.807) is 32.0 Å². The fraction of sp³-hybridized carbons (Fsp3) is 0.304. The van der Waals surface area contributed by atoms with Gasteiger partial charge in [0.2, 0.25) is 10.0 Å². The summed E-state index contributed by atoms with van der Waals surface area (Å²) in [5.41, 5.74) is 1.08. The molecule has 0 N–H and O–H groups in total. The van der Waals surface area contributed by atoms with Crippen LogP contribution >= 0.6 is 11.3 Å². The summed E-state index contributed by atoms with van der Waals surface area (Å²) in [5.74, 6) is -1.68. The predicted molar refractivity (Wildman–Crippen MR) is 130 cm³/mol. The van der Waals surface area contributed by atoms with Crippen molar-refractivity contribution in [2.24, 2.45) is 4.99 Å². The van der Waals surface area contributed by atoms with Crippen LogP contribution in [-0.2, 0) is 30.8 Å². The van der Waals surface area contributed by atoms with Crippen LogP contribution in [0.2, 0.25) is 0 Å². The molecule has 0 bridgehead atoms. The highest BCUT2D eigenvalue weighted by molar-refractivity contribution is 7.89. The first-order chi connectivity index (χ1) is 16.7. The molecule has 1 aromatic heterocycles. The number of carbonyl (C=O) groups is 3. The average Bonchev–Trinajstić information content (AvgIpc) is 3.19. The Bertz CT molecular complexity index is 1430. The van der Waals surface area contributed by atoms with Crippen LogP contribution in [0.5, 0.6) is 0 Å². The number of aromatic nitrogens is 1. The SMILES string of the molecule is CCN(CC)S(=O)(=O)c1ccc(C(=O)N=c2sc3cc(C(=O)OC)ccc3n2CC(=O)OC)cc1. The maximum Gasteiger partial charge on any atom is 0.337 e. The molecule has 0 aliphatic rings. The highest BCUT2D eigenvalue weighted by Gasteiger charge is 2.22. The van der Waals surface area contributed by atoms with Gasteiger partial charge in [0.25, 0.3) is 5.91 Å². The third-order valence-corrected chi connectivity index (χ3v) is 8.37. The number of hydrogen-bond acceptors (Lipinski definition) is 8. The van der Waals surface area contributed by atoms with E-state index in [1.807, 2.05) is 0 Å². The van der Waals surface area contributed by atoms with Crippen LogP contribution in [0.1, 0.15) is 34.6 Å². The van der Waals surface area contributed by atoms with Crippen LogP contribution in [0.25, 0.3) is 10.2 Å². The lowest BCUT2D eigenvalue weighted by Crippen LogP contribution is -2.30. The van der Waals surface area contributed by atoms with E-state index in [4.69, 9.17) is 9.47 Å². The number of thiazole rings is 1. The summed E-state index contributed by atoms with van der Waals surface area (Å²) in [7, 11) is -1.13. The van der Waals surface area contributed by atoms with E-state index in [0.717, 1.165) is 11.3 Å². The van der Waals surface area contributed by atoms with Gasteiger partial charge in [-0.2, -0.15) is 9.30 Å². The lowest BCUT2D eigenvalue weighted by Gasteiger charge is -2.18. The third-order valence-electron chi connectivity index (χ3n) is 5.26. The number of ether oxygens (including phenoxy) is 2. The molecule has 186 valence electrons.